The highest BCUT2D eigenvalue weighted by atomic mass is 35.5. The largest absolute Gasteiger partial charge is 0.381 e. The van der Waals surface area contributed by atoms with Crippen LogP contribution in [0.4, 0.5) is 11.4 Å². The van der Waals surface area contributed by atoms with Crippen LogP contribution in [0.3, 0.4) is 0 Å². The number of anilines is 2. The third-order valence-electron chi connectivity index (χ3n) is 2.89. The van der Waals surface area contributed by atoms with Crippen LogP contribution in [0, 0.1) is 11.3 Å². The Balaban J connectivity index is 2.15. The van der Waals surface area contributed by atoms with Gasteiger partial charge in [-0.05, 0) is 29.8 Å². The lowest BCUT2D eigenvalue weighted by molar-refractivity contribution is 0.606. The molecule has 0 aliphatic heterocycles. The van der Waals surface area contributed by atoms with E-state index in [0.29, 0.717) is 22.8 Å². The molecule has 7 heteroatoms. The summed E-state index contributed by atoms with van der Waals surface area (Å²) in [5, 5.41) is 12.4. The molecule has 0 radical (unpaired) electrons. The number of nitriles is 1. The maximum atomic E-state index is 11.4. The van der Waals surface area contributed by atoms with Gasteiger partial charge in [-0.3, -0.25) is 4.72 Å². The quantitative estimate of drug-likeness (QED) is 0.879. The number of rotatable bonds is 5. The van der Waals surface area contributed by atoms with Gasteiger partial charge in [0, 0.05) is 12.2 Å². The standard InChI is InChI=1S/C15H14ClN3O2S/c1-22(20,21)19-15-5-3-2-4-12(15)10-18-13-7-6-11(9-17)14(16)8-13/h2-8,18-19H,10H2,1H3. The van der Waals surface area contributed by atoms with E-state index in [-0.39, 0.29) is 0 Å². The molecule has 2 aromatic rings. The van der Waals surface area contributed by atoms with E-state index in [1.807, 2.05) is 18.2 Å². The van der Waals surface area contributed by atoms with Gasteiger partial charge in [0.05, 0.1) is 22.5 Å². The van der Waals surface area contributed by atoms with Crippen LogP contribution in [0.5, 0.6) is 0 Å². The number of halogens is 1. The Bertz CT molecular complexity index is 829. The number of hydrogen-bond acceptors (Lipinski definition) is 4. The van der Waals surface area contributed by atoms with Gasteiger partial charge < -0.3 is 5.32 Å². The molecule has 22 heavy (non-hydrogen) atoms. The summed E-state index contributed by atoms with van der Waals surface area (Å²) in [4.78, 5) is 0. The average Bonchev–Trinajstić information content (AvgIpc) is 2.45. The Hall–Kier alpha value is -2.23. The zero-order chi connectivity index (χ0) is 16.2. The molecule has 114 valence electrons. The fourth-order valence-corrected chi connectivity index (χ4v) is 2.71. The van der Waals surface area contributed by atoms with E-state index in [1.165, 1.54) is 0 Å². The molecule has 5 nitrogen and oxygen atoms in total. The Morgan fingerprint density at radius 3 is 2.59 bits per heavy atom. The summed E-state index contributed by atoms with van der Waals surface area (Å²) in [6, 6.07) is 14.1. The van der Waals surface area contributed by atoms with E-state index < -0.39 is 10.0 Å². The van der Waals surface area contributed by atoms with Crippen LogP contribution in [0.25, 0.3) is 0 Å². The van der Waals surface area contributed by atoms with Gasteiger partial charge in [-0.2, -0.15) is 5.26 Å². The molecule has 0 saturated heterocycles. The molecule has 0 aromatic heterocycles. The molecule has 0 amide bonds. The fraction of sp³-hybridized carbons (Fsp3) is 0.133. The third-order valence-corrected chi connectivity index (χ3v) is 3.79. The molecule has 2 aromatic carbocycles. The van der Waals surface area contributed by atoms with E-state index in [0.717, 1.165) is 17.5 Å². The van der Waals surface area contributed by atoms with Crippen LogP contribution in [0.15, 0.2) is 42.5 Å². The molecule has 0 aliphatic carbocycles. The van der Waals surface area contributed by atoms with Gasteiger partial charge >= 0.3 is 0 Å². The first-order valence-electron chi connectivity index (χ1n) is 6.38. The van der Waals surface area contributed by atoms with Gasteiger partial charge in [0.2, 0.25) is 10.0 Å². The van der Waals surface area contributed by atoms with Crippen LogP contribution < -0.4 is 10.0 Å². The summed E-state index contributed by atoms with van der Waals surface area (Å²) in [7, 11) is -3.33. The zero-order valence-electron chi connectivity index (χ0n) is 11.8. The monoisotopic (exact) mass is 335 g/mol. The molecule has 0 spiro atoms. The molecular weight excluding hydrogens is 322 g/mol. The molecule has 2 rings (SSSR count). The topological polar surface area (TPSA) is 82.0 Å². The minimum absolute atomic E-state index is 0.370. The normalized spacial score (nSPS) is 10.8. The van der Waals surface area contributed by atoms with E-state index >= 15 is 0 Å². The van der Waals surface area contributed by atoms with Crippen molar-refractivity contribution in [2.24, 2.45) is 0 Å². The van der Waals surface area contributed by atoms with E-state index in [1.54, 1.807) is 30.3 Å². The van der Waals surface area contributed by atoms with Gasteiger partial charge in [-0.25, -0.2) is 8.42 Å². The summed E-state index contributed by atoms with van der Waals surface area (Å²) in [6.07, 6.45) is 1.11. The highest BCUT2D eigenvalue weighted by Gasteiger charge is 2.07. The Morgan fingerprint density at radius 2 is 1.95 bits per heavy atom. The average molecular weight is 336 g/mol. The van der Waals surface area contributed by atoms with Crippen LogP contribution in [0.1, 0.15) is 11.1 Å². The molecular formula is C15H14ClN3O2S. The second kappa shape index (κ2) is 6.69. The van der Waals surface area contributed by atoms with E-state index in [4.69, 9.17) is 16.9 Å². The summed E-state index contributed by atoms with van der Waals surface area (Å²) < 4.78 is 25.2. The predicted molar refractivity (Wildman–Crippen MR) is 88.4 cm³/mol. The first-order valence-corrected chi connectivity index (χ1v) is 8.65. The van der Waals surface area contributed by atoms with E-state index in [9.17, 15) is 8.42 Å². The van der Waals surface area contributed by atoms with Crippen molar-refractivity contribution in [3.8, 4) is 6.07 Å². The molecule has 0 heterocycles. The van der Waals surface area contributed by atoms with Crippen molar-refractivity contribution in [2.75, 3.05) is 16.3 Å². The molecule has 0 bridgehead atoms. The van der Waals surface area contributed by atoms with Gasteiger partial charge in [0.25, 0.3) is 0 Å². The van der Waals surface area contributed by atoms with Crippen LogP contribution in [-0.2, 0) is 16.6 Å². The van der Waals surface area contributed by atoms with Gasteiger partial charge in [0.1, 0.15) is 6.07 Å². The lowest BCUT2D eigenvalue weighted by Crippen LogP contribution is -2.12. The van der Waals surface area contributed by atoms with Crippen LogP contribution in [0.2, 0.25) is 5.02 Å². The number of para-hydroxylation sites is 1. The minimum Gasteiger partial charge on any atom is -0.381 e. The molecule has 0 unspecified atom stereocenters. The molecule has 0 atom stereocenters. The zero-order valence-corrected chi connectivity index (χ0v) is 13.4. The van der Waals surface area contributed by atoms with Gasteiger partial charge in [-0.1, -0.05) is 29.8 Å². The van der Waals surface area contributed by atoms with Crippen LogP contribution in [-0.4, -0.2) is 14.7 Å². The Kier molecular flexibility index (Phi) is 4.91. The Morgan fingerprint density at radius 1 is 1.23 bits per heavy atom. The maximum absolute atomic E-state index is 11.4. The third kappa shape index (κ3) is 4.38. The molecule has 0 saturated carbocycles. The molecule has 2 N–H and O–H groups in total. The number of nitrogens with zero attached hydrogens (tertiary/aromatic N) is 1. The van der Waals surface area contributed by atoms with Crippen molar-refractivity contribution >= 4 is 33.0 Å². The summed E-state index contributed by atoms with van der Waals surface area (Å²) in [6.45, 7) is 0.418. The van der Waals surface area contributed by atoms with E-state index in [2.05, 4.69) is 10.0 Å². The molecule has 0 fully saturated rings. The SMILES string of the molecule is CS(=O)(=O)Nc1ccccc1CNc1ccc(C#N)c(Cl)c1. The lowest BCUT2D eigenvalue weighted by Gasteiger charge is -2.12. The first-order chi connectivity index (χ1) is 10.4. The lowest BCUT2D eigenvalue weighted by atomic mass is 10.1. The van der Waals surface area contributed by atoms with Gasteiger partial charge in [0.15, 0.2) is 0 Å². The maximum Gasteiger partial charge on any atom is 0.229 e. The summed E-state index contributed by atoms with van der Waals surface area (Å²) in [5.74, 6) is 0. The molecule has 0 aliphatic rings. The highest BCUT2D eigenvalue weighted by Crippen LogP contribution is 2.22. The van der Waals surface area contributed by atoms with Crippen molar-refractivity contribution < 1.29 is 8.42 Å². The number of hydrogen-bond donors (Lipinski definition) is 2. The minimum atomic E-state index is -3.33. The first kappa shape index (κ1) is 16.1. The second-order valence-corrected chi connectivity index (χ2v) is 6.85. The van der Waals surface area contributed by atoms with Crippen molar-refractivity contribution in [1.82, 2.24) is 0 Å². The Labute approximate surface area is 134 Å². The smallest absolute Gasteiger partial charge is 0.229 e. The number of nitrogens with one attached hydrogen (secondary N) is 2. The predicted octanol–water partition coefficient (Wildman–Crippen LogP) is 3.20. The number of benzene rings is 2. The van der Waals surface area contributed by atoms with Crippen molar-refractivity contribution in [3.05, 3.63) is 58.6 Å². The fourth-order valence-electron chi connectivity index (χ4n) is 1.89. The van der Waals surface area contributed by atoms with Crippen molar-refractivity contribution in [3.63, 3.8) is 0 Å². The van der Waals surface area contributed by atoms with Gasteiger partial charge in [-0.15, -0.1) is 0 Å². The summed E-state index contributed by atoms with van der Waals surface area (Å²) >= 11 is 5.98. The van der Waals surface area contributed by atoms with Crippen molar-refractivity contribution in [2.45, 2.75) is 6.54 Å². The second-order valence-electron chi connectivity index (χ2n) is 4.69. The van der Waals surface area contributed by atoms with Crippen LogP contribution >= 0.6 is 11.6 Å². The summed E-state index contributed by atoms with van der Waals surface area (Å²) in [5.41, 5.74) is 2.48. The highest BCUT2D eigenvalue weighted by molar-refractivity contribution is 7.92. The number of sulfonamides is 1. The van der Waals surface area contributed by atoms with Crippen molar-refractivity contribution in [1.29, 1.82) is 5.26 Å².